The first-order valence-electron chi connectivity index (χ1n) is 8.83. The highest BCUT2D eigenvalue weighted by Crippen LogP contribution is 2.20. The molecule has 25 heavy (non-hydrogen) atoms. The third-order valence-corrected chi connectivity index (χ3v) is 5.21. The lowest BCUT2D eigenvalue weighted by Crippen LogP contribution is -2.38. The first kappa shape index (κ1) is 16.5. The first-order chi connectivity index (χ1) is 12.2. The third-order valence-electron chi connectivity index (χ3n) is 5.00. The Balaban J connectivity index is 1.56. The molecule has 0 radical (unpaired) electrons. The van der Waals surface area contributed by atoms with Gasteiger partial charge in [-0.1, -0.05) is 17.7 Å². The Morgan fingerprint density at radius 2 is 2.08 bits per heavy atom. The number of halogens is 1. The minimum Gasteiger partial charge on any atom is -0.333 e. The zero-order chi connectivity index (χ0) is 17.2. The van der Waals surface area contributed by atoms with Crippen molar-refractivity contribution >= 4 is 17.5 Å². The number of amides is 1. The van der Waals surface area contributed by atoms with Crippen LogP contribution in [-0.2, 0) is 13.1 Å². The van der Waals surface area contributed by atoms with Crippen LogP contribution in [0.2, 0.25) is 5.15 Å². The number of carbonyl (C=O) groups excluding carboxylic acids is 1. The summed E-state index contributed by atoms with van der Waals surface area (Å²) in [6.07, 6.45) is 6.38. The minimum atomic E-state index is -0.0784. The van der Waals surface area contributed by atoms with E-state index < -0.39 is 0 Å². The highest BCUT2D eigenvalue weighted by molar-refractivity contribution is 6.29. The van der Waals surface area contributed by atoms with E-state index in [0.717, 1.165) is 32.0 Å². The van der Waals surface area contributed by atoms with E-state index >= 15 is 0 Å². The summed E-state index contributed by atoms with van der Waals surface area (Å²) in [7, 11) is 0. The first-order valence-corrected chi connectivity index (χ1v) is 9.21. The second kappa shape index (κ2) is 7.14. The van der Waals surface area contributed by atoms with Gasteiger partial charge in [0.05, 0.1) is 6.54 Å². The Hall–Kier alpha value is -1.92. The molecule has 1 fully saturated rings. The summed E-state index contributed by atoms with van der Waals surface area (Å²) < 4.78 is 2.18. The molecule has 1 saturated heterocycles. The molecular weight excluding hydrogens is 338 g/mol. The zero-order valence-electron chi connectivity index (χ0n) is 14.1. The van der Waals surface area contributed by atoms with Crippen molar-refractivity contribution in [3.8, 4) is 0 Å². The third kappa shape index (κ3) is 3.70. The molecule has 4 rings (SSSR count). The van der Waals surface area contributed by atoms with E-state index in [1.807, 2.05) is 17.3 Å². The van der Waals surface area contributed by atoms with Crippen LogP contribution in [-0.4, -0.2) is 56.4 Å². The summed E-state index contributed by atoms with van der Waals surface area (Å²) in [6.45, 7) is 5.47. The van der Waals surface area contributed by atoms with Gasteiger partial charge in [0.2, 0.25) is 0 Å². The Morgan fingerprint density at radius 3 is 2.88 bits per heavy atom. The van der Waals surface area contributed by atoms with Crippen molar-refractivity contribution in [2.45, 2.75) is 25.9 Å². The summed E-state index contributed by atoms with van der Waals surface area (Å²) in [5.74, 6) is 1.24. The van der Waals surface area contributed by atoms with Crippen molar-refractivity contribution in [3.05, 3.63) is 47.3 Å². The van der Waals surface area contributed by atoms with Crippen molar-refractivity contribution < 1.29 is 4.79 Å². The van der Waals surface area contributed by atoms with Crippen LogP contribution in [0.3, 0.4) is 0 Å². The number of hydrogen-bond acceptors (Lipinski definition) is 4. The number of hydrogen-bond donors (Lipinski definition) is 0. The summed E-state index contributed by atoms with van der Waals surface area (Å²) in [6, 6.07) is 5.17. The van der Waals surface area contributed by atoms with Gasteiger partial charge in [-0.3, -0.25) is 4.79 Å². The van der Waals surface area contributed by atoms with Crippen LogP contribution >= 0.6 is 11.6 Å². The average Bonchev–Trinajstić information content (AvgIpc) is 3.23. The Bertz CT molecular complexity index is 755. The van der Waals surface area contributed by atoms with E-state index in [0.29, 0.717) is 29.9 Å². The highest BCUT2D eigenvalue weighted by Gasteiger charge is 2.28. The number of likely N-dealkylation sites (tertiary alicyclic amines) is 1. The molecule has 2 aliphatic heterocycles. The Labute approximate surface area is 152 Å². The van der Waals surface area contributed by atoms with Crippen LogP contribution in [0.15, 0.2) is 30.6 Å². The monoisotopic (exact) mass is 359 g/mol. The van der Waals surface area contributed by atoms with Gasteiger partial charge < -0.3 is 14.4 Å². The number of rotatable bonds is 3. The summed E-state index contributed by atoms with van der Waals surface area (Å²) >= 11 is 5.96. The van der Waals surface area contributed by atoms with Gasteiger partial charge in [-0.25, -0.2) is 9.97 Å². The molecule has 2 aliphatic rings. The van der Waals surface area contributed by atoms with Gasteiger partial charge in [0.15, 0.2) is 0 Å². The van der Waals surface area contributed by atoms with Gasteiger partial charge in [0.1, 0.15) is 16.7 Å². The largest absolute Gasteiger partial charge is 0.333 e. The number of pyridine rings is 1. The van der Waals surface area contributed by atoms with Gasteiger partial charge >= 0.3 is 0 Å². The van der Waals surface area contributed by atoms with Crippen molar-refractivity contribution in [3.63, 3.8) is 0 Å². The molecule has 0 N–H and O–H groups in total. The molecule has 0 aliphatic carbocycles. The van der Waals surface area contributed by atoms with Gasteiger partial charge in [-0.05, 0) is 38.1 Å². The molecule has 7 heteroatoms. The normalized spacial score (nSPS) is 21.2. The summed E-state index contributed by atoms with van der Waals surface area (Å²) in [4.78, 5) is 26.0. The maximum Gasteiger partial charge on any atom is 0.272 e. The number of carbonyl (C=O) groups is 1. The molecule has 1 atom stereocenters. The standard InChI is InChI=1S/C18H22ClN5O/c19-16-5-3-4-15(21-16)18(25)24-12-14(10-22-7-1-2-8-22)11-23-9-6-20-17(23)13-24/h3-6,9,14H,1-2,7-8,10-13H2. The van der Waals surface area contributed by atoms with E-state index in [2.05, 4.69) is 19.4 Å². The number of fused-ring (bicyclic) bond motifs is 1. The molecular formula is C18H22ClN5O. The van der Waals surface area contributed by atoms with Crippen LogP contribution in [0.4, 0.5) is 0 Å². The average molecular weight is 360 g/mol. The van der Waals surface area contributed by atoms with Crippen molar-refractivity contribution in [1.82, 2.24) is 24.3 Å². The van der Waals surface area contributed by atoms with Crippen molar-refractivity contribution in [2.24, 2.45) is 5.92 Å². The highest BCUT2D eigenvalue weighted by atomic mass is 35.5. The lowest BCUT2D eigenvalue weighted by atomic mass is 10.1. The van der Waals surface area contributed by atoms with E-state index in [1.165, 1.54) is 12.8 Å². The summed E-state index contributed by atoms with van der Waals surface area (Å²) in [5, 5.41) is 0.343. The fraction of sp³-hybridized carbons (Fsp3) is 0.500. The smallest absolute Gasteiger partial charge is 0.272 e. The SMILES string of the molecule is O=C(c1cccc(Cl)n1)N1Cc2nccn2CC(CN2CCCC2)C1. The Kier molecular flexibility index (Phi) is 4.72. The molecule has 4 heterocycles. The van der Waals surface area contributed by atoms with Crippen molar-refractivity contribution in [1.29, 1.82) is 0 Å². The maximum absolute atomic E-state index is 13.0. The predicted octanol–water partition coefficient (Wildman–Crippen LogP) is 2.30. The van der Waals surface area contributed by atoms with Gasteiger partial charge in [0.25, 0.3) is 5.91 Å². The van der Waals surface area contributed by atoms with Gasteiger partial charge in [-0.2, -0.15) is 0 Å². The van der Waals surface area contributed by atoms with Crippen LogP contribution in [0.1, 0.15) is 29.2 Å². The molecule has 1 amide bonds. The maximum atomic E-state index is 13.0. The van der Waals surface area contributed by atoms with Gasteiger partial charge in [0, 0.05) is 37.9 Å². The lowest BCUT2D eigenvalue weighted by Gasteiger charge is -2.27. The predicted molar refractivity (Wildman–Crippen MR) is 95.4 cm³/mol. The lowest BCUT2D eigenvalue weighted by molar-refractivity contribution is 0.0701. The van der Waals surface area contributed by atoms with Crippen LogP contribution in [0, 0.1) is 5.92 Å². The number of aromatic nitrogens is 3. The van der Waals surface area contributed by atoms with E-state index in [9.17, 15) is 4.79 Å². The quantitative estimate of drug-likeness (QED) is 0.789. The minimum absolute atomic E-state index is 0.0784. The number of nitrogens with zero attached hydrogens (tertiary/aromatic N) is 5. The summed E-state index contributed by atoms with van der Waals surface area (Å²) in [5.41, 5.74) is 0.396. The molecule has 132 valence electrons. The molecule has 0 aromatic carbocycles. The van der Waals surface area contributed by atoms with E-state index in [1.54, 1.807) is 18.2 Å². The Morgan fingerprint density at radius 1 is 1.24 bits per heavy atom. The molecule has 0 bridgehead atoms. The second-order valence-corrected chi connectivity index (χ2v) is 7.29. The van der Waals surface area contributed by atoms with Crippen LogP contribution in [0.25, 0.3) is 0 Å². The molecule has 1 unspecified atom stereocenters. The van der Waals surface area contributed by atoms with E-state index in [4.69, 9.17) is 11.6 Å². The zero-order valence-corrected chi connectivity index (χ0v) is 14.9. The molecule has 0 spiro atoms. The van der Waals surface area contributed by atoms with Crippen LogP contribution in [0.5, 0.6) is 0 Å². The topological polar surface area (TPSA) is 54.3 Å². The van der Waals surface area contributed by atoms with E-state index in [-0.39, 0.29) is 5.91 Å². The van der Waals surface area contributed by atoms with Crippen LogP contribution < -0.4 is 0 Å². The fourth-order valence-corrected chi connectivity index (χ4v) is 3.99. The molecule has 2 aromatic rings. The van der Waals surface area contributed by atoms with Gasteiger partial charge in [-0.15, -0.1) is 0 Å². The molecule has 0 saturated carbocycles. The molecule has 2 aromatic heterocycles. The van der Waals surface area contributed by atoms with Crippen molar-refractivity contribution in [2.75, 3.05) is 26.2 Å². The fourth-order valence-electron chi connectivity index (χ4n) is 3.83. The second-order valence-electron chi connectivity index (χ2n) is 6.90. The molecule has 6 nitrogen and oxygen atoms in total. The number of imidazole rings is 1.